The summed E-state index contributed by atoms with van der Waals surface area (Å²) in [5.41, 5.74) is 8.30. The van der Waals surface area contributed by atoms with Crippen molar-refractivity contribution in [3.05, 3.63) is 61.5 Å². The SMILES string of the molecule is Nc1[nH]c(=S)nc2c1C(c1ccccc1[N+](=O)[O-])C1=C(CCCC1=O)N2. The maximum Gasteiger partial charge on any atom is 0.273 e. The summed E-state index contributed by atoms with van der Waals surface area (Å²) in [6.45, 7) is 0. The van der Waals surface area contributed by atoms with Crippen LogP contribution >= 0.6 is 12.2 Å². The fraction of sp³-hybridized carbons (Fsp3) is 0.235. The molecule has 26 heavy (non-hydrogen) atoms. The molecule has 0 fully saturated rings. The third-order valence-corrected chi connectivity index (χ3v) is 4.94. The number of hydrogen-bond donors (Lipinski definition) is 3. The summed E-state index contributed by atoms with van der Waals surface area (Å²) in [5.74, 6) is 0.00725. The van der Waals surface area contributed by atoms with Gasteiger partial charge in [0, 0.05) is 34.9 Å². The van der Waals surface area contributed by atoms with Crippen molar-refractivity contribution >= 4 is 35.3 Å². The number of nitro groups is 1. The van der Waals surface area contributed by atoms with Crippen molar-refractivity contribution in [1.29, 1.82) is 0 Å². The molecule has 2 aromatic rings. The van der Waals surface area contributed by atoms with Crippen LogP contribution in [0.25, 0.3) is 0 Å². The van der Waals surface area contributed by atoms with Crippen molar-refractivity contribution in [3.63, 3.8) is 0 Å². The topological polar surface area (TPSA) is 127 Å². The molecule has 1 atom stereocenters. The number of allylic oxidation sites excluding steroid dienone is 2. The van der Waals surface area contributed by atoms with E-state index in [1.54, 1.807) is 18.2 Å². The van der Waals surface area contributed by atoms with Gasteiger partial charge in [0.05, 0.1) is 10.8 Å². The lowest BCUT2D eigenvalue weighted by molar-refractivity contribution is -0.385. The van der Waals surface area contributed by atoms with Gasteiger partial charge in [-0.1, -0.05) is 18.2 Å². The number of aromatic amines is 1. The minimum atomic E-state index is -0.657. The number of nitro benzene ring substituents is 1. The lowest BCUT2D eigenvalue weighted by atomic mass is 9.76. The molecule has 9 heteroatoms. The number of Topliss-reactive ketones (excluding diaryl/α,β-unsaturated/α-hetero) is 1. The average molecular weight is 369 g/mol. The fourth-order valence-electron chi connectivity index (χ4n) is 3.71. The lowest BCUT2D eigenvalue weighted by Gasteiger charge is -2.33. The molecule has 1 aliphatic carbocycles. The summed E-state index contributed by atoms with van der Waals surface area (Å²) in [6, 6.07) is 6.40. The van der Waals surface area contributed by atoms with Gasteiger partial charge >= 0.3 is 0 Å². The predicted molar refractivity (Wildman–Crippen MR) is 98.3 cm³/mol. The Bertz CT molecular complexity index is 1040. The Labute approximate surface area is 153 Å². The number of H-pyrrole nitrogens is 1. The first-order chi connectivity index (χ1) is 12.5. The minimum absolute atomic E-state index is 0.0330. The highest BCUT2D eigenvalue weighted by atomic mass is 32.1. The van der Waals surface area contributed by atoms with Gasteiger partial charge in [0.15, 0.2) is 10.6 Å². The van der Waals surface area contributed by atoms with E-state index in [-0.39, 0.29) is 22.1 Å². The number of ketones is 1. The summed E-state index contributed by atoms with van der Waals surface area (Å²) in [6.07, 6.45) is 1.80. The molecule has 4 N–H and O–H groups in total. The van der Waals surface area contributed by atoms with E-state index >= 15 is 0 Å². The number of rotatable bonds is 2. The van der Waals surface area contributed by atoms with Crippen molar-refractivity contribution in [2.45, 2.75) is 25.2 Å². The number of para-hydroxylation sites is 1. The predicted octanol–water partition coefficient (Wildman–Crippen LogP) is 3.19. The van der Waals surface area contributed by atoms with Crippen LogP contribution in [-0.2, 0) is 4.79 Å². The molecule has 2 aliphatic rings. The molecule has 1 aromatic heterocycles. The number of benzene rings is 1. The van der Waals surface area contributed by atoms with Crippen molar-refractivity contribution in [3.8, 4) is 0 Å². The van der Waals surface area contributed by atoms with E-state index in [0.29, 0.717) is 35.4 Å². The summed E-state index contributed by atoms with van der Waals surface area (Å²) < 4.78 is 0.209. The maximum atomic E-state index is 12.7. The van der Waals surface area contributed by atoms with E-state index in [1.807, 2.05) is 0 Å². The van der Waals surface area contributed by atoms with Crippen molar-refractivity contribution < 1.29 is 9.72 Å². The molecule has 0 bridgehead atoms. The zero-order chi connectivity index (χ0) is 18.4. The first-order valence-corrected chi connectivity index (χ1v) is 8.54. The third-order valence-electron chi connectivity index (χ3n) is 4.75. The van der Waals surface area contributed by atoms with Crippen LogP contribution < -0.4 is 11.1 Å². The Hall–Kier alpha value is -3.07. The Kier molecular flexibility index (Phi) is 3.80. The van der Waals surface area contributed by atoms with Crippen LogP contribution in [0.4, 0.5) is 17.3 Å². The normalized spacial score (nSPS) is 18.8. The van der Waals surface area contributed by atoms with Crippen LogP contribution in [0.2, 0.25) is 0 Å². The molecule has 0 radical (unpaired) electrons. The quantitative estimate of drug-likeness (QED) is 0.421. The van der Waals surface area contributed by atoms with Crippen LogP contribution in [-0.4, -0.2) is 20.7 Å². The number of aromatic nitrogens is 2. The van der Waals surface area contributed by atoms with Gasteiger partial charge in [0.1, 0.15) is 11.6 Å². The zero-order valence-electron chi connectivity index (χ0n) is 13.6. The molecule has 132 valence electrons. The van der Waals surface area contributed by atoms with Crippen molar-refractivity contribution in [2.24, 2.45) is 0 Å². The Morgan fingerprint density at radius 2 is 2.08 bits per heavy atom. The number of fused-ring (bicyclic) bond motifs is 1. The highest BCUT2D eigenvalue weighted by Crippen LogP contribution is 2.48. The number of nitrogens with one attached hydrogen (secondary N) is 2. The van der Waals surface area contributed by atoms with Crippen LogP contribution in [0.15, 0.2) is 35.5 Å². The zero-order valence-corrected chi connectivity index (χ0v) is 14.4. The van der Waals surface area contributed by atoms with E-state index in [2.05, 4.69) is 15.3 Å². The summed E-state index contributed by atoms with van der Waals surface area (Å²) in [7, 11) is 0. The van der Waals surface area contributed by atoms with E-state index in [1.165, 1.54) is 6.07 Å². The molecule has 8 nitrogen and oxygen atoms in total. The molecule has 4 rings (SSSR count). The summed E-state index contributed by atoms with van der Waals surface area (Å²) in [4.78, 5) is 30.9. The first kappa shape index (κ1) is 16.4. The molecule has 0 amide bonds. The second-order valence-corrected chi connectivity index (χ2v) is 6.65. The standard InChI is InChI=1S/C17H15N5O3S/c18-15-14-12(8-4-1-2-6-10(8)22(24)25)13-9(5-3-7-11(13)23)19-16(14)21-17(26)20-15/h1-2,4,6,12H,3,5,7H2,(H4,18,19,20,21,26). The summed E-state index contributed by atoms with van der Waals surface area (Å²) >= 11 is 5.10. The number of hydrogen-bond acceptors (Lipinski definition) is 7. The number of nitrogen functional groups attached to an aromatic ring is 1. The second-order valence-electron chi connectivity index (χ2n) is 6.26. The molecule has 2 heterocycles. The average Bonchev–Trinajstić information content (AvgIpc) is 2.60. The molecular formula is C17H15N5O3S. The van der Waals surface area contributed by atoms with Gasteiger partial charge in [-0.2, -0.15) is 0 Å². The molecule has 1 aliphatic heterocycles. The van der Waals surface area contributed by atoms with Gasteiger partial charge in [-0.05, 0) is 25.1 Å². The fourth-order valence-corrected chi connectivity index (χ4v) is 3.91. The minimum Gasteiger partial charge on any atom is -0.385 e. The van der Waals surface area contributed by atoms with Gasteiger partial charge in [-0.25, -0.2) is 4.98 Å². The van der Waals surface area contributed by atoms with E-state index in [9.17, 15) is 14.9 Å². The Morgan fingerprint density at radius 3 is 2.85 bits per heavy atom. The lowest BCUT2D eigenvalue weighted by Crippen LogP contribution is -2.29. The number of anilines is 2. The number of nitrogens with two attached hydrogens (primary N) is 1. The largest absolute Gasteiger partial charge is 0.385 e. The maximum absolute atomic E-state index is 12.7. The van der Waals surface area contributed by atoms with E-state index < -0.39 is 10.8 Å². The van der Waals surface area contributed by atoms with Crippen LogP contribution in [0.5, 0.6) is 0 Å². The molecule has 1 aromatic carbocycles. The van der Waals surface area contributed by atoms with Gasteiger partial charge in [-0.3, -0.25) is 14.9 Å². The molecule has 0 saturated carbocycles. The first-order valence-electron chi connectivity index (χ1n) is 8.13. The van der Waals surface area contributed by atoms with Gasteiger partial charge < -0.3 is 16.0 Å². The number of carbonyl (C=O) groups excluding carboxylic acids is 1. The van der Waals surface area contributed by atoms with Crippen molar-refractivity contribution in [1.82, 2.24) is 9.97 Å². The van der Waals surface area contributed by atoms with Crippen molar-refractivity contribution in [2.75, 3.05) is 11.1 Å². The van der Waals surface area contributed by atoms with Crippen LogP contribution in [0, 0.1) is 14.9 Å². The van der Waals surface area contributed by atoms with E-state index in [4.69, 9.17) is 18.0 Å². The molecular weight excluding hydrogens is 354 g/mol. The van der Waals surface area contributed by atoms with Crippen LogP contribution in [0.3, 0.4) is 0 Å². The molecule has 1 unspecified atom stereocenters. The number of nitrogens with zero attached hydrogens (tertiary/aromatic N) is 2. The van der Waals surface area contributed by atoms with Gasteiger partial charge in [0.2, 0.25) is 0 Å². The third kappa shape index (κ3) is 2.48. The van der Waals surface area contributed by atoms with Gasteiger partial charge in [-0.15, -0.1) is 0 Å². The van der Waals surface area contributed by atoms with Gasteiger partial charge in [0.25, 0.3) is 5.69 Å². The second kappa shape index (κ2) is 6.03. The molecule has 0 saturated heterocycles. The molecule has 0 spiro atoms. The summed E-state index contributed by atoms with van der Waals surface area (Å²) in [5, 5.41) is 14.7. The van der Waals surface area contributed by atoms with E-state index in [0.717, 1.165) is 12.1 Å². The smallest absolute Gasteiger partial charge is 0.273 e. The Balaban J connectivity index is 2.05. The Morgan fingerprint density at radius 1 is 1.31 bits per heavy atom. The monoisotopic (exact) mass is 369 g/mol. The highest BCUT2D eigenvalue weighted by Gasteiger charge is 2.39. The number of carbonyl (C=O) groups is 1. The highest BCUT2D eigenvalue weighted by molar-refractivity contribution is 7.71. The van der Waals surface area contributed by atoms with Crippen LogP contribution in [0.1, 0.15) is 36.3 Å².